The van der Waals surface area contributed by atoms with Crippen LogP contribution >= 0.6 is 0 Å². The van der Waals surface area contributed by atoms with Gasteiger partial charge in [-0.25, -0.2) is 0 Å². The van der Waals surface area contributed by atoms with Crippen molar-refractivity contribution in [3.05, 3.63) is 34.9 Å². The topological polar surface area (TPSA) is 46.2 Å². The minimum atomic E-state index is -0.254. The van der Waals surface area contributed by atoms with E-state index in [9.17, 15) is 9.59 Å². The summed E-state index contributed by atoms with van der Waals surface area (Å²) in [6.07, 6.45) is 3.07. The molecule has 1 aliphatic heterocycles. The third kappa shape index (κ3) is 2.13. The number of aryl methyl sites for hydroxylation is 2. The SMILES string of the molecule is CCCc1ccc2c(c1)C(=O)NC(=O)CC2. The van der Waals surface area contributed by atoms with Crippen LogP contribution in [0.15, 0.2) is 18.2 Å². The zero-order valence-electron chi connectivity index (χ0n) is 9.38. The highest BCUT2D eigenvalue weighted by Gasteiger charge is 2.19. The Morgan fingerprint density at radius 3 is 2.81 bits per heavy atom. The molecule has 0 spiro atoms. The van der Waals surface area contributed by atoms with Gasteiger partial charge in [0.15, 0.2) is 0 Å². The molecule has 1 aromatic rings. The van der Waals surface area contributed by atoms with Gasteiger partial charge in [-0.3, -0.25) is 14.9 Å². The number of carbonyl (C=O) groups is 2. The minimum absolute atomic E-state index is 0.182. The van der Waals surface area contributed by atoms with Crippen molar-refractivity contribution in [3.63, 3.8) is 0 Å². The van der Waals surface area contributed by atoms with Crippen LogP contribution in [0, 0.1) is 0 Å². The Balaban J connectivity index is 2.37. The van der Waals surface area contributed by atoms with Gasteiger partial charge in [0.1, 0.15) is 0 Å². The van der Waals surface area contributed by atoms with Gasteiger partial charge in [-0.05, 0) is 30.0 Å². The van der Waals surface area contributed by atoms with Crippen LogP contribution in [0.25, 0.3) is 0 Å². The molecule has 0 aliphatic carbocycles. The highest BCUT2D eigenvalue weighted by Crippen LogP contribution is 2.17. The van der Waals surface area contributed by atoms with E-state index in [4.69, 9.17) is 0 Å². The normalized spacial score (nSPS) is 15.3. The molecule has 84 valence electrons. The van der Waals surface area contributed by atoms with Crippen LogP contribution in [-0.2, 0) is 17.6 Å². The maximum atomic E-state index is 11.7. The fourth-order valence-corrected chi connectivity index (χ4v) is 2.00. The highest BCUT2D eigenvalue weighted by molar-refractivity contribution is 6.06. The van der Waals surface area contributed by atoms with Gasteiger partial charge in [-0.2, -0.15) is 0 Å². The van der Waals surface area contributed by atoms with E-state index in [1.807, 2.05) is 18.2 Å². The Hall–Kier alpha value is -1.64. The minimum Gasteiger partial charge on any atom is -0.292 e. The first-order valence-corrected chi connectivity index (χ1v) is 5.66. The molecule has 1 aliphatic rings. The molecule has 1 heterocycles. The summed E-state index contributed by atoms with van der Waals surface area (Å²) in [5, 5.41) is 2.39. The second kappa shape index (κ2) is 4.47. The smallest absolute Gasteiger partial charge is 0.258 e. The molecular weight excluding hydrogens is 202 g/mol. The zero-order valence-corrected chi connectivity index (χ0v) is 9.38. The Kier molecular flexibility index (Phi) is 3.04. The fourth-order valence-electron chi connectivity index (χ4n) is 2.00. The third-order valence-electron chi connectivity index (χ3n) is 2.83. The first kappa shape index (κ1) is 10.9. The molecule has 0 aromatic heterocycles. The van der Waals surface area contributed by atoms with Gasteiger partial charge in [-0.15, -0.1) is 0 Å². The van der Waals surface area contributed by atoms with E-state index < -0.39 is 0 Å². The summed E-state index contributed by atoms with van der Waals surface area (Å²) in [5.41, 5.74) is 2.80. The van der Waals surface area contributed by atoms with Crippen molar-refractivity contribution in [2.75, 3.05) is 0 Å². The molecule has 0 saturated heterocycles. The molecule has 1 N–H and O–H groups in total. The predicted molar refractivity (Wildman–Crippen MR) is 61.2 cm³/mol. The van der Waals surface area contributed by atoms with E-state index in [-0.39, 0.29) is 11.8 Å². The van der Waals surface area contributed by atoms with Gasteiger partial charge < -0.3 is 0 Å². The maximum absolute atomic E-state index is 11.7. The predicted octanol–water partition coefficient (Wildman–Crippen LogP) is 1.84. The quantitative estimate of drug-likeness (QED) is 0.768. The van der Waals surface area contributed by atoms with Crippen LogP contribution in [0.4, 0.5) is 0 Å². The summed E-state index contributed by atoms with van der Waals surface area (Å²) in [5.74, 6) is -0.436. The Bertz CT molecular complexity index is 438. The van der Waals surface area contributed by atoms with Crippen LogP contribution < -0.4 is 5.32 Å². The molecule has 1 aromatic carbocycles. The molecule has 3 nitrogen and oxygen atoms in total. The summed E-state index contributed by atoms with van der Waals surface area (Å²) in [6, 6.07) is 5.93. The lowest BCUT2D eigenvalue weighted by Crippen LogP contribution is -2.28. The zero-order chi connectivity index (χ0) is 11.5. The molecule has 0 bridgehead atoms. The number of nitrogens with one attached hydrogen (secondary N) is 1. The number of imide groups is 1. The van der Waals surface area contributed by atoms with E-state index in [1.54, 1.807) is 0 Å². The largest absolute Gasteiger partial charge is 0.292 e. The molecule has 0 atom stereocenters. The van der Waals surface area contributed by atoms with Crippen molar-refractivity contribution in [2.24, 2.45) is 0 Å². The monoisotopic (exact) mass is 217 g/mol. The summed E-state index contributed by atoms with van der Waals surface area (Å²) in [6.45, 7) is 2.11. The number of hydrogen-bond acceptors (Lipinski definition) is 2. The highest BCUT2D eigenvalue weighted by atomic mass is 16.2. The van der Waals surface area contributed by atoms with E-state index in [0.717, 1.165) is 24.0 Å². The lowest BCUT2D eigenvalue weighted by atomic mass is 9.99. The first-order valence-electron chi connectivity index (χ1n) is 5.66. The second-order valence-electron chi connectivity index (χ2n) is 4.12. The number of fused-ring (bicyclic) bond motifs is 1. The lowest BCUT2D eigenvalue weighted by molar-refractivity contribution is -0.119. The number of carbonyl (C=O) groups excluding carboxylic acids is 2. The van der Waals surface area contributed by atoms with E-state index >= 15 is 0 Å². The van der Waals surface area contributed by atoms with Crippen LogP contribution in [0.3, 0.4) is 0 Å². The van der Waals surface area contributed by atoms with Gasteiger partial charge in [-0.1, -0.05) is 25.5 Å². The first-order chi connectivity index (χ1) is 7.70. The molecule has 0 radical (unpaired) electrons. The van der Waals surface area contributed by atoms with Crippen molar-refractivity contribution in [1.82, 2.24) is 5.32 Å². The van der Waals surface area contributed by atoms with Crippen molar-refractivity contribution in [2.45, 2.75) is 32.6 Å². The third-order valence-corrected chi connectivity index (χ3v) is 2.83. The molecular formula is C13H15NO2. The molecule has 16 heavy (non-hydrogen) atoms. The maximum Gasteiger partial charge on any atom is 0.258 e. The molecule has 0 saturated carbocycles. The summed E-state index contributed by atoms with van der Waals surface area (Å²) in [4.78, 5) is 23.0. The van der Waals surface area contributed by atoms with Crippen LogP contribution in [0.1, 0.15) is 41.3 Å². The van der Waals surface area contributed by atoms with Gasteiger partial charge in [0, 0.05) is 12.0 Å². The summed E-state index contributed by atoms with van der Waals surface area (Å²) in [7, 11) is 0. The van der Waals surface area contributed by atoms with Crippen molar-refractivity contribution >= 4 is 11.8 Å². The van der Waals surface area contributed by atoms with Crippen LogP contribution in [0.2, 0.25) is 0 Å². The van der Waals surface area contributed by atoms with Crippen molar-refractivity contribution in [3.8, 4) is 0 Å². The molecule has 0 unspecified atom stereocenters. The Labute approximate surface area is 94.9 Å². The summed E-state index contributed by atoms with van der Waals surface area (Å²) < 4.78 is 0. The van der Waals surface area contributed by atoms with E-state index in [1.165, 1.54) is 0 Å². The fraction of sp³-hybridized carbons (Fsp3) is 0.385. The average molecular weight is 217 g/mol. The molecule has 3 heteroatoms. The molecule has 2 amide bonds. The number of rotatable bonds is 2. The lowest BCUT2D eigenvalue weighted by Gasteiger charge is -2.06. The van der Waals surface area contributed by atoms with Crippen LogP contribution in [0.5, 0.6) is 0 Å². The van der Waals surface area contributed by atoms with E-state index in [0.29, 0.717) is 18.4 Å². The van der Waals surface area contributed by atoms with Crippen molar-refractivity contribution in [1.29, 1.82) is 0 Å². The molecule has 0 fully saturated rings. The Morgan fingerprint density at radius 2 is 2.06 bits per heavy atom. The number of amides is 2. The molecule has 2 rings (SSSR count). The van der Waals surface area contributed by atoms with Crippen LogP contribution in [-0.4, -0.2) is 11.8 Å². The number of benzene rings is 1. The van der Waals surface area contributed by atoms with Gasteiger partial charge >= 0.3 is 0 Å². The standard InChI is InChI=1S/C13H15NO2/c1-2-3-9-4-5-10-6-7-12(15)14-13(16)11(10)8-9/h4-5,8H,2-3,6-7H2,1H3,(H,14,15,16). The Morgan fingerprint density at radius 1 is 1.25 bits per heavy atom. The van der Waals surface area contributed by atoms with Gasteiger partial charge in [0.25, 0.3) is 5.91 Å². The average Bonchev–Trinajstić information content (AvgIpc) is 2.40. The van der Waals surface area contributed by atoms with Crippen molar-refractivity contribution < 1.29 is 9.59 Å². The second-order valence-corrected chi connectivity index (χ2v) is 4.12. The van der Waals surface area contributed by atoms with Gasteiger partial charge in [0.05, 0.1) is 0 Å². The summed E-state index contributed by atoms with van der Waals surface area (Å²) >= 11 is 0. The van der Waals surface area contributed by atoms with E-state index in [2.05, 4.69) is 12.2 Å². The number of hydrogen-bond donors (Lipinski definition) is 1. The van der Waals surface area contributed by atoms with Gasteiger partial charge in [0.2, 0.25) is 5.91 Å².